The van der Waals surface area contributed by atoms with E-state index in [1.54, 1.807) is 11.8 Å². The van der Waals surface area contributed by atoms with Crippen LogP contribution in [0, 0.1) is 13.8 Å². The Morgan fingerprint density at radius 1 is 1.14 bits per heavy atom. The molecule has 2 nitrogen and oxygen atoms in total. The summed E-state index contributed by atoms with van der Waals surface area (Å²) in [5.41, 5.74) is 4.04. The van der Waals surface area contributed by atoms with E-state index in [1.165, 1.54) is 5.56 Å². The van der Waals surface area contributed by atoms with Gasteiger partial charge < -0.3 is 5.32 Å². The van der Waals surface area contributed by atoms with Crippen LogP contribution < -0.4 is 5.32 Å². The minimum absolute atomic E-state index is 0.0129. The lowest BCUT2D eigenvalue weighted by atomic mass is 10.0. The van der Waals surface area contributed by atoms with Gasteiger partial charge in [0, 0.05) is 28.6 Å². The van der Waals surface area contributed by atoms with Crippen LogP contribution in [0.2, 0.25) is 5.02 Å². The van der Waals surface area contributed by atoms with Crippen molar-refractivity contribution in [3.8, 4) is 0 Å². The first-order valence-electron chi connectivity index (χ1n) is 7.24. The second kappa shape index (κ2) is 8.25. The highest BCUT2D eigenvalue weighted by molar-refractivity contribution is 7.98. The van der Waals surface area contributed by atoms with Gasteiger partial charge in [-0.25, -0.2) is 0 Å². The molecule has 0 bridgehead atoms. The Hall–Kier alpha value is -1.45. The number of hydrogen-bond donors (Lipinski definition) is 1. The summed E-state index contributed by atoms with van der Waals surface area (Å²) in [7, 11) is 0. The van der Waals surface area contributed by atoms with E-state index in [0.717, 1.165) is 33.2 Å². The molecule has 0 spiro atoms. The Balaban J connectivity index is 1.76. The third-order valence-corrected chi connectivity index (χ3v) is 4.66. The number of amides is 1. The number of thioether (sulfide) groups is 1. The SMILES string of the molecule is Cc1cccc(C)c1C(=O)NCCSCc1cccc(Cl)c1. The van der Waals surface area contributed by atoms with Crippen LogP contribution in [-0.2, 0) is 5.75 Å². The summed E-state index contributed by atoms with van der Waals surface area (Å²) in [5.74, 6) is 1.79. The molecule has 0 aliphatic rings. The van der Waals surface area contributed by atoms with Gasteiger partial charge >= 0.3 is 0 Å². The van der Waals surface area contributed by atoms with Crippen LogP contribution in [0.4, 0.5) is 0 Å². The maximum atomic E-state index is 12.2. The first-order valence-corrected chi connectivity index (χ1v) is 8.78. The topological polar surface area (TPSA) is 29.1 Å². The number of halogens is 1. The van der Waals surface area contributed by atoms with Crippen molar-refractivity contribution in [3.05, 3.63) is 69.7 Å². The summed E-state index contributed by atoms with van der Waals surface area (Å²) >= 11 is 7.74. The molecule has 4 heteroatoms. The Bertz CT molecular complexity index is 637. The first-order chi connectivity index (χ1) is 10.6. The zero-order valence-electron chi connectivity index (χ0n) is 12.9. The van der Waals surface area contributed by atoms with Crippen molar-refractivity contribution < 1.29 is 4.79 Å². The van der Waals surface area contributed by atoms with Crippen LogP contribution in [0.3, 0.4) is 0 Å². The number of nitrogens with one attached hydrogen (secondary N) is 1. The minimum Gasteiger partial charge on any atom is -0.351 e. The Morgan fingerprint density at radius 3 is 2.50 bits per heavy atom. The van der Waals surface area contributed by atoms with E-state index in [1.807, 2.05) is 50.2 Å². The van der Waals surface area contributed by atoms with Gasteiger partial charge in [0.05, 0.1) is 0 Å². The van der Waals surface area contributed by atoms with Gasteiger partial charge in [-0.1, -0.05) is 41.9 Å². The highest BCUT2D eigenvalue weighted by Crippen LogP contribution is 2.16. The minimum atomic E-state index is 0.0129. The lowest BCUT2D eigenvalue weighted by Gasteiger charge is -2.10. The van der Waals surface area contributed by atoms with Gasteiger partial charge in [0.15, 0.2) is 0 Å². The molecule has 0 saturated heterocycles. The predicted molar refractivity (Wildman–Crippen MR) is 95.9 cm³/mol. The van der Waals surface area contributed by atoms with Gasteiger partial charge in [-0.15, -0.1) is 0 Å². The van der Waals surface area contributed by atoms with E-state index in [4.69, 9.17) is 11.6 Å². The van der Waals surface area contributed by atoms with Crippen molar-refractivity contribution in [3.63, 3.8) is 0 Å². The van der Waals surface area contributed by atoms with E-state index in [0.29, 0.717) is 6.54 Å². The third-order valence-electron chi connectivity index (χ3n) is 3.40. The van der Waals surface area contributed by atoms with Crippen LogP contribution in [0.1, 0.15) is 27.0 Å². The lowest BCUT2D eigenvalue weighted by Crippen LogP contribution is -2.27. The highest BCUT2D eigenvalue weighted by atomic mass is 35.5. The second-order valence-electron chi connectivity index (χ2n) is 5.21. The zero-order valence-corrected chi connectivity index (χ0v) is 14.4. The predicted octanol–water partition coefficient (Wildman–Crippen LogP) is 4.62. The number of carbonyl (C=O) groups is 1. The molecule has 0 saturated carbocycles. The van der Waals surface area contributed by atoms with Crippen LogP contribution in [-0.4, -0.2) is 18.2 Å². The van der Waals surface area contributed by atoms with Gasteiger partial charge in [-0.2, -0.15) is 11.8 Å². The maximum Gasteiger partial charge on any atom is 0.251 e. The fourth-order valence-corrected chi connectivity index (χ4v) is 3.33. The van der Waals surface area contributed by atoms with Gasteiger partial charge in [-0.3, -0.25) is 4.79 Å². The molecule has 2 aromatic carbocycles. The Labute approximate surface area is 141 Å². The molecular weight excluding hydrogens is 314 g/mol. The van der Waals surface area contributed by atoms with E-state index in [-0.39, 0.29) is 5.91 Å². The average molecular weight is 334 g/mol. The highest BCUT2D eigenvalue weighted by Gasteiger charge is 2.10. The van der Waals surface area contributed by atoms with Crippen molar-refractivity contribution in [1.29, 1.82) is 0 Å². The zero-order chi connectivity index (χ0) is 15.9. The molecular formula is C18H20ClNOS. The fourth-order valence-electron chi connectivity index (χ4n) is 2.31. The number of aryl methyl sites for hydroxylation is 2. The summed E-state index contributed by atoms with van der Waals surface area (Å²) < 4.78 is 0. The van der Waals surface area contributed by atoms with Gasteiger partial charge in [0.2, 0.25) is 0 Å². The maximum absolute atomic E-state index is 12.2. The molecule has 1 N–H and O–H groups in total. The Morgan fingerprint density at radius 2 is 1.82 bits per heavy atom. The normalized spacial score (nSPS) is 10.5. The molecule has 0 atom stereocenters. The molecule has 2 aromatic rings. The van der Waals surface area contributed by atoms with E-state index < -0.39 is 0 Å². The van der Waals surface area contributed by atoms with Crippen molar-refractivity contribution in [2.45, 2.75) is 19.6 Å². The lowest BCUT2D eigenvalue weighted by molar-refractivity contribution is 0.0955. The molecule has 116 valence electrons. The van der Waals surface area contributed by atoms with E-state index in [9.17, 15) is 4.79 Å². The first kappa shape index (κ1) is 16.9. The van der Waals surface area contributed by atoms with Gasteiger partial charge in [-0.05, 0) is 42.7 Å². The van der Waals surface area contributed by atoms with Gasteiger partial charge in [0.1, 0.15) is 0 Å². The molecule has 22 heavy (non-hydrogen) atoms. The molecule has 0 unspecified atom stereocenters. The monoisotopic (exact) mass is 333 g/mol. The van der Waals surface area contributed by atoms with Crippen LogP contribution in [0.5, 0.6) is 0 Å². The van der Waals surface area contributed by atoms with Crippen molar-refractivity contribution in [2.24, 2.45) is 0 Å². The standard InChI is InChI=1S/C18H20ClNOS/c1-13-5-3-6-14(2)17(13)18(21)20-9-10-22-12-15-7-4-8-16(19)11-15/h3-8,11H,9-10,12H2,1-2H3,(H,20,21). The van der Waals surface area contributed by atoms with Crippen molar-refractivity contribution in [1.82, 2.24) is 5.32 Å². The average Bonchev–Trinajstić information content (AvgIpc) is 2.47. The molecule has 1 amide bonds. The number of rotatable bonds is 6. The fraction of sp³-hybridized carbons (Fsp3) is 0.278. The van der Waals surface area contributed by atoms with Crippen LogP contribution >= 0.6 is 23.4 Å². The summed E-state index contributed by atoms with van der Waals surface area (Å²) in [4.78, 5) is 12.2. The largest absolute Gasteiger partial charge is 0.351 e. The molecule has 0 aliphatic heterocycles. The summed E-state index contributed by atoms with van der Waals surface area (Å²) in [6, 6.07) is 13.8. The quantitative estimate of drug-likeness (QED) is 0.781. The molecule has 0 aliphatic carbocycles. The van der Waals surface area contributed by atoms with Crippen molar-refractivity contribution >= 4 is 29.3 Å². The molecule has 0 radical (unpaired) electrons. The number of benzene rings is 2. The second-order valence-corrected chi connectivity index (χ2v) is 6.75. The summed E-state index contributed by atoms with van der Waals surface area (Å²) in [5, 5.41) is 3.76. The van der Waals surface area contributed by atoms with E-state index >= 15 is 0 Å². The summed E-state index contributed by atoms with van der Waals surface area (Å²) in [6.45, 7) is 4.60. The van der Waals surface area contributed by atoms with Gasteiger partial charge in [0.25, 0.3) is 5.91 Å². The molecule has 2 rings (SSSR count). The number of hydrogen-bond acceptors (Lipinski definition) is 2. The van der Waals surface area contributed by atoms with Crippen LogP contribution in [0.25, 0.3) is 0 Å². The molecule has 0 heterocycles. The van der Waals surface area contributed by atoms with Crippen molar-refractivity contribution in [2.75, 3.05) is 12.3 Å². The van der Waals surface area contributed by atoms with E-state index in [2.05, 4.69) is 11.4 Å². The summed E-state index contributed by atoms with van der Waals surface area (Å²) in [6.07, 6.45) is 0. The third kappa shape index (κ3) is 4.79. The van der Waals surface area contributed by atoms with Crippen LogP contribution in [0.15, 0.2) is 42.5 Å². The smallest absolute Gasteiger partial charge is 0.251 e. The molecule has 0 aromatic heterocycles. The molecule has 0 fully saturated rings. The number of carbonyl (C=O) groups excluding carboxylic acids is 1. The Kier molecular flexibility index (Phi) is 6.34.